The summed E-state index contributed by atoms with van der Waals surface area (Å²) in [6, 6.07) is 11.8. The molecule has 0 spiro atoms. The summed E-state index contributed by atoms with van der Waals surface area (Å²) in [5.74, 6) is -1.15. The number of fused-ring (bicyclic) bond motifs is 1. The number of Topliss-reactive ketones (excluding diaryl/α,β-unsaturated/α-hetero) is 1. The van der Waals surface area contributed by atoms with E-state index in [0.29, 0.717) is 41.2 Å². The standard InChI is InChI=1S/C28H29FN4O4/c1-31(2)28(36)26(34)23-17-33(13-10-30)24-16-25(37-3)22(15-21(23)24)27(35)32-11-8-19(9-12-32)14-18-4-6-20(29)7-5-18/h4-7,15-17,19H,8-9,11-14H2,1-3H3. The summed E-state index contributed by atoms with van der Waals surface area (Å²) in [5.41, 5.74) is 2.04. The number of hydrogen-bond acceptors (Lipinski definition) is 5. The third-order valence-electron chi connectivity index (χ3n) is 6.86. The molecule has 37 heavy (non-hydrogen) atoms. The number of piperidine rings is 1. The molecule has 1 aromatic heterocycles. The number of nitriles is 1. The zero-order valence-electron chi connectivity index (χ0n) is 21.2. The number of benzene rings is 2. The smallest absolute Gasteiger partial charge is 0.294 e. The molecule has 0 N–H and O–H groups in total. The monoisotopic (exact) mass is 504 g/mol. The van der Waals surface area contributed by atoms with Crippen LogP contribution in [0.4, 0.5) is 4.39 Å². The van der Waals surface area contributed by atoms with Crippen LogP contribution in [0.5, 0.6) is 5.75 Å². The number of aromatic nitrogens is 1. The number of ether oxygens (including phenoxy) is 1. The number of ketones is 1. The summed E-state index contributed by atoms with van der Waals surface area (Å²) < 4.78 is 20.3. The predicted octanol–water partition coefficient (Wildman–Crippen LogP) is 3.68. The van der Waals surface area contributed by atoms with E-state index in [4.69, 9.17) is 4.74 Å². The van der Waals surface area contributed by atoms with Gasteiger partial charge in [0.2, 0.25) is 0 Å². The Hall–Kier alpha value is -4.19. The number of likely N-dealkylation sites (N-methyl/N-ethyl adjacent to an activating group) is 1. The quantitative estimate of drug-likeness (QED) is 0.361. The fourth-order valence-corrected chi connectivity index (χ4v) is 4.82. The highest BCUT2D eigenvalue weighted by Crippen LogP contribution is 2.32. The van der Waals surface area contributed by atoms with Crippen LogP contribution in [-0.4, -0.2) is 66.3 Å². The van der Waals surface area contributed by atoms with E-state index in [2.05, 4.69) is 6.07 Å². The Morgan fingerprint density at radius 1 is 1.11 bits per heavy atom. The summed E-state index contributed by atoms with van der Waals surface area (Å²) in [4.78, 5) is 41.9. The summed E-state index contributed by atoms with van der Waals surface area (Å²) in [6.45, 7) is 1.09. The fraction of sp³-hybridized carbons (Fsp3) is 0.357. The van der Waals surface area contributed by atoms with Crippen molar-refractivity contribution in [1.82, 2.24) is 14.4 Å². The minimum absolute atomic E-state index is 0.0298. The number of methoxy groups -OCH3 is 1. The van der Waals surface area contributed by atoms with Crippen molar-refractivity contribution in [2.75, 3.05) is 34.3 Å². The van der Waals surface area contributed by atoms with Crippen LogP contribution >= 0.6 is 0 Å². The van der Waals surface area contributed by atoms with Gasteiger partial charge in [0.1, 0.15) is 18.1 Å². The van der Waals surface area contributed by atoms with E-state index in [1.54, 1.807) is 33.7 Å². The molecule has 0 saturated carbocycles. The molecule has 2 aromatic carbocycles. The van der Waals surface area contributed by atoms with Gasteiger partial charge in [-0.1, -0.05) is 12.1 Å². The van der Waals surface area contributed by atoms with Gasteiger partial charge < -0.3 is 19.1 Å². The van der Waals surface area contributed by atoms with Crippen molar-refractivity contribution in [1.29, 1.82) is 5.26 Å². The number of rotatable bonds is 7. The number of amides is 2. The second kappa shape index (κ2) is 10.8. The Kier molecular flexibility index (Phi) is 7.58. The molecule has 1 saturated heterocycles. The topological polar surface area (TPSA) is 95.6 Å². The summed E-state index contributed by atoms with van der Waals surface area (Å²) in [6.07, 6.45) is 3.93. The first-order valence-corrected chi connectivity index (χ1v) is 12.1. The molecule has 0 radical (unpaired) electrons. The van der Waals surface area contributed by atoms with Crippen LogP contribution in [-0.2, 0) is 17.8 Å². The Balaban J connectivity index is 1.60. The van der Waals surface area contributed by atoms with E-state index >= 15 is 0 Å². The first kappa shape index (κ1) is 25.9. The zero-order valence-corrected chi connectivity index (χ0v) is 21.2. The van der Waals surface area contributed by atoms with Crippen molar-refractivity contribution >= 4 is 28.5 Å². The molecular formula is C28H29FN4O4. The number of carbonyl (C=O) groups is 3. The Bertz CT molecular complexity index is 1380. The van der Waals surface area contributed by atoms with Crippen LogP contribution in [0.3, 0.4) is 0 Å². The number of hydrogen-bond donors (Lipinski definition) is 0. The van der Waals surface area contributed by atoms with Gasteiger partial charge in [-0.15, -0.1) is 0 Å². The maximum atomic E-state index is 13.6. The van der Waals surface area contributed by atoms with Crippen LogP contribution in [0.25, 0.3) is 10.9 Å². The molecule has 192 valence electrons. The summed E-state index contributed by atoms with van der Waals surface area (Å²) in [7, 11) is 4.45. The predicted molar refractivity (Wildman–Crippen MR) is 136 cm³/mol. The van der Waals surface area contributed by atoms with Crippen LogP contribution < -0.4 is 4.74 Å². The van der Waals surface area contributed by atoms with Crippen LogP contribution in [0, 0.1) is 23.1 Å². The second-order valence-electron chi connectivity index (χ2n) is 9.49. The molecule has 9 heteroatoms. The largest absolute Gasteiger partial charge is 0.496 e. The van der Waals surface area contributed by atoms with Gasteiger partial charge in [-0.05, 0) is 48.9 Å². The molecular weight excluding hydrogens is 475 g/mol. The van der Waals surface area contributed by atoms with Crippen LogP contribution in [0.2, 0.25) is 0 Å². The van der Waals surface area contributed by atoms with Crippen molar-refractivity contribution in [2.45, 2.75) is 25.8 Å². The molecule has 2 amide bonds. The molecule has 3 aromatic rings. The molecule has 0 aliphatic carbocycles. The van der Waals surface area contributed by atoms with Crippen molar-refractivity contribution in [2.24, 2.45) is 5.92 Å². The number of likely N-dealkylation sites (tertiary alicyclic amines) is 1. The van der Waals surface area contributed by atoms with Crippen LogP contribution in [0.15, 0.2) is 42.6 Å². The molecule has 1 aliphatic heterocycles. The van der Waals surface area contributed by atoms with Gasteiger partial charge in [-0.2, -0.15) is 5.26 Å². The van der Waals surface area contributed by atoms with Gasteiger partial charge in [-0.3, -0.25) is 14.4 Å². The highest BCUT2D eigenvalue weighted by Gasteiger charge is 2.29. The van der Waals surface area contributed by atoms with Gasteiger partial charge >= 0.3 is 0 Å². The third kappa shape index (κ3) is 5.33. The maximum absolute atomic E-state index is 13.6. The fourth-order valence-electron chi connectivity index (χ4n) is 4.82. The van der Waals surface area contributed by atoms with Gasteiger partial charge in [0.25, 0.3) is 17.6 Å². The molecule has 0 unspecified atom stereocenters. The lowest BCUT2D eigenvalue weighted by Gasteiger charge is -2.32. The molecule has 1 fully saturated rings. The Labute approximate surface area is 214 Å². The highest BCUT2D eigenvalue weighted by molar-refractivity contribution is 6.44. The summed E-state index contributed by atoms with van der Waals surface area (Å²) in [5, 5.41) is 9.67. The number of halogens is 1. The molecule has 1 aliphatic rings. The van der Waals surface area contributed by atoms with Gasteiger partial charge in [-0.25, -0.2) is 4.39 Å². The zero-order chi connectivity index (χ0) is 26.7. The molecule has 2 heterocycles. The van der Waals surface area contributed by atoms with Gasteiger partial charge in [0.05, 0.1) is 29.8 Å². The van der Waals surface area contributed by atoms with E-state index in [1.807, 2.05) is 0 Å². The number of carbonyl (C=O) groups excluding carboxylic acids is 3. The Morgan fingerprint density at radius 2 is 1.78 bits per heavy atom. The highest BCUT2D eigenvalue weighted by atomic mass is 19.1. The van der Waals surface area contributed by atoms with Crippen LogP contribution in [0.1, 0.15) is 39.1 Å². The van der Waals surface area contributed by atoms with E-state index < -0.39 is 11.7 Å². The Morgan fingerprint density at radius 3 is 2.38 bits per heavy atom. The average molecular weight is 505 g/mol. The van der Waals surface area contributed by atoms with Crippen molar-refractivity contribution in [3.05, 3.63) is 65.1 Å². The third-order valence-corrected chi connectivity index (χ3v) is 6.86. The molecule has 0 bridgehead atoms. The minimum atomic E-state index is -0.711. The van der Waals surface area contributed by atoms with E-state index in [-0.39, 0.29) is 23.8 Å². The van der Waals surface area contributed by atoms with Gasteiger partial charge in [0.15, 0.2) is 0 Å². The lowest BCUT2D eigenvalue weighted by atomic mass is 9.90. The average Bonchev–Trinajstić information content (AvgIpc) is 3.25. The van der Waals surface area contributed by atoms with Crippen molar-refractivity contribution in [3.63, 3.8) is 0 Å². The second-order valence-corrected chi connectivity index (χ2v) is 9.49. The first-order chi connectivity index (χ1) is 17.7. The maximum Gasteiger partial charge on any atom is 0.294 e. The first-order valence-electron chi connectivity index (χ1n) is 12.1. The lowest BCUT2D eigenvalue weighted by molar-refractivity contribution is -0.124. The van der Waals surface area contributed by atoms with Crippen molar-refractivity contribution in [3.8, 4) is 11.8 Å². The summed E-state index contributed by atoms with van der Waals surface area (Å²) >= 11 is 0. The van der Waals surface area contributed by atoms with E-state index in [1.165, 1.54) is 44.4 Å². The lowest BCUT2D eigenvalue weighted by Crippen LogP contribution is -2.39. The number of nitrogens with zero attached hydrogens (tertiary/aromatic N) is 4. The van der Waals surface area contributed by atoms with Gasteiger partial charge in [0, 0.05) is 44.8 Å². The normalized spacial score (nSPS) is 13.9. The van der Waals surface area contributed by atoms with Crippen molar-refractivity contribution < 1.29 is 23.5 Å². The molecule has 0 atom stereocenters. The molecule has 4 rings (SSSR count). The van der Waals surface area contributed by atoms with E-state index in [9.17, 15) is 24.0 Å². The minimum Gasteiger partial charge on any atom is -0.496 e. The van der Waals surface area contributed by atoms with E-state index in [0.717, 1.165) is 24.8 Å². The molecule has 8 nitrogen and oxygen atoms in total. The SMILES string of the molecule is COc1cc2c(cc1C(=O)N1CCC(Cc3ccc(F)cc3)CC1)c(C(=O)C(=O)N(C)C)cn2CC#N.